The van der Waals surface area contributed by atoms with Crippen LogP contribution in [0.2, 0.25) is 0 Å². The number of nitrogens with one attached hydrogen (secondary N) is 1. The summed E-state index contributed by atoms with van der Waals surface area (Å²) in [6.45, 7) is 21.7. The molecule has 0 rings (SSSR count). The van der Waals surface area contributed by atoms with Gasteiger partial charge < -0.3 is 10.4 Å². The molecule has 2 N–H and O–H groups in total. The number of alkyl halides is 1. The SMILES string of the molecule is C=CS(=O)(=O)OCC(C)(C)C.CC(C)(C)CO.CNCCS(=O)(=O)OCC(C)(C)C.O=S(=O)(Cl)CCCl. The van der Waals surface area contributed by atoms with Crippen LogP contribution in [-0.4, -0.2) is 81.2 Å². The quantitative estimate of drug-likeness (QED) is 0.204. The van der Waals surface area contributed by atoms with Crippen molar-refractivity contribution in [2.24, 2.45) is 16.2 Å². The molecule has 228 valence electrons. The fourth-order valence-electron chi connectivity index (χ4n) is 0.952. The number of aliphatic hydroxyl groups is 1. The summed E-state index contributed by atoms with van der Waals surface area (Å²) in [5.41, 5.74) is -0.164. The van der Waals surface area contributed by atoms with E-state index < -0.39 is 29.3 Å². The number of halogens is 2. The Morgan fingerprint density at radius 1 is 0.811 bits per heavy atom. The minimum Gasteiger partial charge on any atom is -0.396 e. The Labute approximate surface area is 236 Å². The molecule has 0 amide bonds. The van der Waals surface area contributed by atoms with E-state index in [0.717, 1.165) is 5.41 Å². The van der Waals surface area contributed by atoms with Crippen LogP contribution in [-0.2, 0) is 37.7 Å². The summed E-state index contributed by atoms with van der Waals surface area (Å²) in [7, 11) is -3.73. The average Bonchev–Trinajstić information content (AvgIpc) is 2.69. The second kappa shape index (κ2) is 20.0. The molecule has 0 unspecified atom stereocenters. The minimum atomic E-state index is -3.49. The summed E-state index contributed by atoms with van der Waals surface area (Å²) in [6, 6.07) is 0. The molecule has 0 saturated carbocycles. The van der Waals surface area contributed by atoms with E-state index in [-0.39, 0.29) is 53.5 Å². The first-order valence-corrected chi connectivity index (χ1v) is 17.3. The molecule has 0 radical (unpaired) electrons. The van der Waals surface area contributed by atoms with Gasteiger partial charge in [-0.25, -0.2) is 8.42 Å². The Balaban J connectivity index is -0.000000206. The van der Waals surface area contributed by atoms with Crippen molar-refractivity contribution in [3.8, 4) is 0 Å². The summed E-state index contributed by atoms with van der Waals surface area (Å²) in [5, 5.41) is 12.0. The van der Waals surface area contributed by atoms with Crippen molar-refractivity contribution in [3.63, 3.8) is 0 Å². The van der Waals surface area contributed by atoms with Crippen LogP contribution in [0.15, 0.2) is 12.0 Å². The molecule has 0 spiro atoms. The molecule has 10 nitrogen and oxygen atoms in total. The topological polar surface area (TPSA) is 153 Å². The molecule has 0 fully saturated rings. The lowest BCUT2D eigenvalue weighted by atomic mass is 9.99. The van der Waals surface area contributed by atoms with E-state index in [4.69, 9.17) is 31.6 Å². The number of aliphatic hydroxyl groups excluding tert-OH is 1. The van der Waals surface area contributed by atoms with Gasteiger partial charge in [0.05, 0.1) is 30.1 Å². The molecule has 0 atom stereocenters. The first kappa shape index (κ1) is 44.0. The van der Waals surface area contributed by atoms with Crippen LogP contribution in [0, 0.1) is 16.2 Å². The Morgan fingerprint density at radius 3 is 1.41 bits per heavy atom. The Hall–Kier alpha value is 0.01000. The van der Waals surface area contributed by atoms with E-state index in [2.05, 4.69) is 16.1 Å². The van der Waals surface area contributed by atoms with Crippen LogP contribution in [0.25, 0.3) is 0 Å². The Kier molecular flexibility index (Phi) is 23.8. The van der Waals surface area contributed by atoms with Gasteiger partial charge in [-0.15, -0.1) is 11.6 Å². The van der Waals surface area contributed by atoms with E-state index in [0.29, 0.717) is 6.54 Å². The lowest BCUT2D eigenvalue weighted by Crippen LogP contribution is -2.24. The molecule has 0 aromatic carbocycles. The summed E-state index contributed by atoms with van der Waals surface area (Å²) in [5.74, 6) is -0.0679. The molecule has 0 aromatic heterocycles. The lowest BCUT2D eigenvalue weighted by molar-refractivity contribution is 0.177. The number of hydrogen-bond donors (Lipinski definition) is 2. The second-order valence-corrected chi connectivity index (χ2v) is 17.9. The highest BCUT2D eigenvalue weighted by Gasteiger charge is 2.17. The molecular formula is C22H49Cl2NO9S3. The van der Waals surface area contributed by atoms with Gasteiger partial charge in [-0.1, -0.05) is 68.9 Å². The van der Waals surface area contributed by atoms with Crippen LogP contribution in [0.4, 0.5) is 0 Å². The van der Waals surface area contributed by atoms with Gasteiger partial charge in [0.15, 0.2) is 0 Å². The second-order valence-electron chi connectivity index (χ2n) is 11.3. The van der Waals surface area contributed by atoms with Crippen molar-refractivity contribution in [3.05, 3.63) is 12.0 Å². The smallest absolute Gasteiger partial charge is 0.289 e. The predicted molar refractivity (Wildman–Crippen MR) is 155 cm³/mol. The van der Waals surface area contributed by atoms with Gasteiger partial charge in [0.1, 0.15) is 0 Å². The number of rotatable bonds is 10. The van der Waals surface area contributed by atoms with Gasteiger partial charge in [0.25, 0.3) is 20.2 Å². The third-order valence-corrected chi connectivity index (χ3v) is 6.53. The highest BCUT2D eigenvalue weighted by molar-refractivity contribution is 8.13. The Bertz CT molecular complexity index is 901. The van der Waals surface area contributed by atoms with Crippen molar-refractivity contribution in [2.45, 2.75) is 62.3 Å². The molecule has 37 heavy (non-hydrogen) atoms. The molecule has 0 aliphatic carbocycles. The number of hydrogen-bond acceptors (Lipinski definition) is 10. The van der Waals surface area contributed by atoms with Gasteiger partial charge in [-0.3, -0.25) is 8.37 Å². The van der Waals surface area contributed by atoms with Crippen LogP contribution in [0.5, 0.6) is 0 Å². The Morgan fingerprint density at radius 2 is 1.19 bits per heavy atom. The summed E-state index contributed by atoms with van der Waals surface area (Å²) in [6.07, 6.45) is 0. The van der Waals surface area contributed by atoms with Crippen LogP contribution in [0.1, 0.15) is 62.3 Å². The maximum Gasteiger partial charge on any atom is 0.289 e. The zero-order chi connectivity index (χ0) is 30.8. The highest BCUT2D eigenvalue weighted by atomic mass is 35.7. The fourth-order valence-corrected chi connectivity index (χ4v) is 3.93. The van der Waals surface area contributed by atoms with Crippen molar-refractivity contribution in [2.75, 3.05) is 50.8 Å². The van der Waals surface area contributed by atoms with Gasteiger partial charge in [-0.05, 0) is 23.3 Å². The molecular weight excluding hydrogens is 589 g/mol. The van der Waals surface area contributed by atoms with Crippen molar-refractivity contribution in [1.29, 1.82) is 0 Å². The van der Waals surface area contributed by atoms with E-state index >= 15 is 0 Å². The summed E-state index contributed by atoms with van der Waals surface area (Å²) < 4.78 is 73.0. The third kappa shape index (κ3) is 49.5. The van der Waals surface area contributed by atoms with Crippen LogP contribution in [0.3, 0.4) is 0 Å². The van der Waals surface area contributed by atoms with E-state index in [1.54, 1.807) is 7.05 Å². The standard InChI is InChI=1S/C8H19NO3S.C7H14O3S.C5H12O.C2H4Cl2O2S/c1-8(2,3)7-12-13(10,11)6-5-9-4;1-5-11(8,9)10-6-7(2,3)4;1-5(2,3)4-6;3-1-2-7(4,5)6/h9H,5-7H2,1-4H3;5H,1,6H2,2-4H3;6H,4H2,1-3H3;1-2H2. The summed E-state index contributed by atoms with van der Waals surface area (Å²) in [4.78, 5) is 0. The van der Waals surface area contributed by atoms with Gasteiger partial charge in [0.2, 0.25) is 9.05 Å². The maximum absolute atomic E-state index is 11.2. The van der Waals surface area contributed by atoms with Crippen molar-refractivity contribution >= 4 is 51.6 Å². The minimum absolute atomic E-state index is 0.0274. The largest absolute Gasteiger partial charge is 0.396 e. The molecule has 0 heterocycles. The highest BCUT2D eigenvalue weighted by Crippen LogP contribution is 2.15. The van der Waals surface area contributed by atoms with E-state index in [1.165, 1.54) is 0 Å². The van der Waals surface area contributed by atoms with Gasteiger partial charge in [0, 0.05) is 29.7 Å². The summed E-state index contributed by atoms with van der Waals surface area (Å²) >= 11 is 5.02. The van der Waals surface area contributed by atoms with E-state index in [9.17, 15) is 25.3 Å². The van der Waals surface area contributed by atoms with Gasteiger partial charge in [-0.2, -0.15) is 16.8 Å². The molecule has 0 aromatic rings. The first-order chi connectivity index (χ1) is 16.2. The molecule has 0 aliphatic rings. The molecule has 0 saturated heterocycles. The van der Waals surface area contributed by atoms with Crippen molar-refractivity contribution in [1.82, 2.24) is 5.32 Å². The monoisotopic (exact) mass is 637 g/mol. The van der Waals surface area contributed by atoms with Crippen LogP contribution >= 0.6 is 22.3 Å². The zero-order valence-electron chi connectivity index (χ0n) is 23.9. The molecule has 0 aliphatic heterocycles. The first-order valence-electron chi connectivity index (χ1n) is 11.3. The van der Waals surface area contributed by atoms with Crippen LogP contribution < -0.4 is 5.32 Å². The maximum atomic E-state index is 11.2. The van der Waals surface area contributed by atoms with E-state index in [1.807, 2.05) is 62.3 Å². The fraction of sp³-hybridized carbons (Fsp3) is 0.909. The lowest BCUT2D eigenvalue weighted by Gasteiger charge is -2.17. The van der Waals surface area contributed by atoms with Crippen molar-refractivity contribution < 1.29 is 38.7 Å². The molecule has 15 heteroatoms. The predicted octanol–water partition coefficient (Wildman–Crippen LogP) is 3.94. The zero-order valence-corrected chi connectivity index (χ0v) is 27.9. The normalized spacial score (nSPS) is 12.7. The molecule has 0 bridgehead atoms. The average molecular weight is 639 g/mol. The van der Waals surface area contributed by atoms with Gasteiger partial charge >= 0.3 is 0 Å². The third-order valence-electron chi connectivity index (χ3n) is 2.93.